The summed E-state index contributed by atoms with van der Waals surface area (Å²) in [6, 6.07) is 8.54. The predicted octanol–water partition coefficient (Wildman–Crippen LogP) is 2.95. The molecule has 0 aliphatic heterocycles. The Morgan fingerprint density at radius 3 is 2.70 bits per heavy atom. The van der Waals surface area contributed by atoms with Crippen molar-refractivity contribution in [2.75, 3.05) is 0 Å². The lowest BCUT2D eigenvalue weighted by molar-refractivity contribution is -0.383. The number of aromatic nitrogens is 3. The van der Waals surface area contributed by atoms with E-state index in [-0.39, 0.29) is 5.69 Å². The van der Waals surface area contributed by atoms with E-state index in [4.69, 9.17) is 0 Å². The number of non-ortho nitro benzene ring substituents is 1. The van der Waals surface area contributed by atoms with Crippen LogP contribution >= 0.6 is 0 Å². The Morgan fingerprint density at radius 1 is 1.25 bits per heavy atom. The van der Waals surface area contributed by atoms with E-state index in [1.54, 1.807) is 29.1 Å². The van der Waals surface area contributed by atoms with Gasteiger partial charge in [0.25, 0.3) is 5.69 Å². The summed E-state index contributed by atoms with van der Waals surface area (Å²) < 4.78 is 1.76. The van der Waals surface area contributed by atoms with Crippen LogP contribution in [0, 0.1) is 24.0 Å². The summed E-state index contributed by atoms with van der Waals surface area (Å²) in [6.07, 6.45) is 1.63. The van der Waals surface area contributed by atoms with Gasteiger partial charge in [0.05, 0.1) is 21.7 Å². The molecule has 0 spiro atoms. The maximum absolute atomic E-state index is 11.1. The monoisotopic (exact) mass is 268 g/mol. The normalized spacial score (nSPS) is 10.9. The van der Waals surface area contributed by atoms with Gasteiger partial charge in [-0.2, -0.15) is 5.10 Å². The molecule has 0 saturated carbocycles. The Kier molecular flexibility index (Phi) is 2.71. The number of fused-ring (bicyclic) bond motifs is 1. The molecule has 0 bridgehead atoms. The van der Waals surface area contributed by atoms with Crippen LogP contribution in [0.2, 0.25) is 0 Å². The van der Waals surface area contributed by atoms with Gasteiger partial charge in [0.1, 0.15) is 5.52 Å². The molecule has 0 N–H and O–H groups in total. The van der Waals surface area contributed by atoms with Crippen LogP contribution in [0.15, 0.2) is 36.5 Å². The minimum Gasteiger partial charge on any atom is -0.258 e. The van der Waals surface area contributed by atoms with Crippen LogP contribution in [0.25, 0.3) is 16.6 Å². The fraction of sp³-hybridized carbons (Fsp3) is 0.143. The summed E-state index contributed by atoms with van der Waals surface area (Å²) in [5, 5.41) is 16.0. The number of pyridine rings is 1. The van der Waals surface area contributed by atoms with E-state index in [1.165, 1.54) is 6.07 Å². The topological polar surface area (TPSA) is 73.8 Å². The largest absolute Gasteiger partial charge is 0.278 e. The van der Waals surface area contributed by atoms with Gasteiger partial charge in [0.15, 0.2) is 0 Å². The smallest absolute Gasteiger partial charge is 0.258 e. The molecule has 1 aromatic carbocycles. The first-order valence-electron chi connectivity index (χ1n) is 6.13. The molecule has 0 radical (unpaired) electrons. The first-order valence-corrected chi connectivity index (χ1v) is 6.13. The molecule has 0 aliphatic carbocycles. The summed E-state index contributed by atoms with van der Waals surface area (Å²) >= 11 is 0. The van der Waals surface area contributed by atoms with Crippen LogP contribution in [-0.4, -0.2) is 19.7 Å². The number of benzene rings is 1. The number of rotatable bonds is 2. The van der Waals surface area contributed by atoms with Crippen molar-refractivity contribution in [2.24, 2.45) is 0 Å². The predicted molar refractivity (Wildman–Crippen MR) is 75.0 cm³/mol. The van der Waals surface area contributed by atoms with E-state index in [2.05, 4.69) is 10.1 Å². The second-order valence-electron chi connectivity index (χ2n) is 4.60. The standard InChI is InChI=1S/C14H12N4O2/c1-9-8-10(2)17(16-9)13-6-5-12(18(19)20)11-4-3-7-15-14(11)13/h3-8H,1-2H3. The highest BCUT2D eigenvalue weighted by Crippen LogP contribution is 2.29. The van der Waals surface area contributed by atoms with Crippen LogP contribution in [0.4, 0.5) is 5.69 Å². The summed E-state index contributed by atoms with van der Waals surface area (Å²) in [7, 11) is 0. The van der Waals surface area contributed by atoms with E-state index < -0.39 is 4.92 Å². The van der Waals surface area contributed by atoms with Crippen molar-refractivity contribution in [1.82, 2.24) is 14.8 Å². The van der Waals surface area contributed by atoms with Crippen LogP contribution < -0.4 is 0 Å². The van der Waals surface area contributed by atoms with Crippen molar-refractivity contribution in [1.29, 1.82) is 0 Å². The molecule has 6 heteroatoms. The number of hydrogen-bond donors (Lipinski definition) is 0. The minimum absolute atomic E-state index is 0.0541. The molecule has 0 saturated heterocycles. The lowest BCUT2D eigenvalue weighted by atomic mass is 10.1. The van der Waals surface area contributed by atoms with Crippen LogP contribution in [0.5, 0.6) is 0 Å². The summed E-state index contributed by atoms with van der Waals surface area (Å²) in [5.74, 6) is 0. The molecule has 0 fully saturated rings. The van der Waals surface area contributed by atoms with E-state index >= 15 is 0 Å². The third-order valence-electron chi connectivity index (χ3n) is 3.16. The van der Waals surface area contributed by atoms with Gasteiger partial charge < -0.3 is 0 Å². The Balaban J connectivity index is 2.36. The second-order valence-corrected chi connectivity index (χ2v) is 4.60. The van der Waals surface area contributed by atoms with E-state index in [0.717, 1.165) is 17.1 Å². The van der Waals surface area contributed by atoms with Crippen LogP contribution in [-0.2, 0) is 0 Å². The fourth-order valence-corrected chi connectivity index (χ4v) is 2.35. The molecule has 0 unspecified atom stereocenters. The molecule has 20 heavy (non-hydrogen) atoms. The number of nitro benzene ring substituents is 1. The van der Waals surface area contributed by atoms with Gasteiger partial charge >= 0.3 is 0 Å². The molecule has 3 rings (SSSR count). The highest BCUT2D eigenvalue weighted by molar-refractivity contribution is 5.93. The Hall–Kier alpha value is -2.76. The Morgan fingerprint density at radius 2 is 2.05 bits per heavy atom. The third kappa shape index (κ3) is 1.82. The van der Waals surface area contributed by atoms with Crippen LogP contribution in [0.1, 0.15) is 11.4 Å². The number of nitro groups is 1. The highest BCUT2D eigenvalue weighted by atomic mass is 16.6. The molecule has 2 aromatic heterocycles. The van der Waals surface area contributed by atoms with E-state index in [1.807, 2.05) is 19.9 Å². The van der Waals surface area contributed by atoms with Crippen molar-refractivity contribution in [3.8, 4) is 5.69 Å². The maximum atomic E-state index is 11.1. The van der Waals surface area contributed by atoms with Crippen LogP contribution in [0.3, 0.4) is 0 Å². The lowest BCUT2D eigenvalue weighted by Crippen LogP contribution is -2.02. The van der Waals surface area contributed by atoms with Gasteiger partial charge in [-0.1, -0.05) is 0 Å². The SMILES string of the molecule is Cc1cc(C)n(-c2ccc([N+](=O)[O-])c3cccnc23)n1. The molecule has 2 heterocycles. The van der Waals surface area contributed by atoms with E-state index in [0.29, 0.717) is 10.9 Å². The zero-order valence-electron chi connectivity index (χ0n) is 11.1. The third-order valence-corrected chi connectivity index (χ3v) is 3.16. The first kappa shape index (κ1) is 12.3. The first-order chi connectivity index (χ1) is 9.58. The summed E-state index contributed by atoms with van der Waals surface area (Å²) in [6.45, 7) is 3.85. The average Bonchev–Trinajstić information content (AvgIpc) is 2.76. The average molecular weight is 268 g/mol. The van der Waals surface area contributed by atoms with Gasteiger partial charge in [0.2, 0.25) is 0 Å². The Bertz CT molecular complexity index is 823. The highest BCUT2D eigenvalue weighted by Gasteiger charge is 2.17. The van der Waals surface area contributed by atoms with Crippen molar-refractivity contribution in [3.63, 3.8) is 0 Å². The molecule has 0 atom stereocenters. The van der Waals surface area contributed by atoms with Crippen molar-refractivity contribution in [3.05, 3.63) is 58.0 Å². The quantitative estimate of drug-likeness (QED) is 0.529. The fourth-order valence-electron chi connectivity index (χ4n) is 2.35. The van der Waals surface area contributed by atoms with Gasteiger partial charge in [-0.25, -0.2) is 4.68 Å². The maximum Gasteiger partial charge on any atom is 0.278 e. The van der Waals surface area contributed by atoms with Gasteiger partial charge in [-0.05, 0) is 38.1 Å². The zero-order chi connectivity index (χ0) is 14.3. The molecule has 0 aliphatic rings. The second kappa shape index (κ2) is 4.41. The number of hydrogen-bond acceptors (Lipinski definition) is 4. The van der Waals surface area contributed by atoms with E-state index in [9.17, 15) is 10.1 Å². The van der Waals surface area contributed by atoms with Gasteiger partial charge in [0, 0.05) is 18.0 Å². The minimum atomic E-state index is -0.394. The van der Waals surface area contributed by atoms with Crippen molar-refractivity contribution >= 4 is 16.6 Å². The Labute approximate surface area is 114 Å². The number of nitrogens with zero attached hydrogens (tertiary/aromatic N) is 4. The summed E-state index contributed by atoms with van der Waals surface area (Å²) in [5.41, 5.74) is 3.23. The summed E-state index contributed by atoms with van der Waals surface area (Å²) in [4.78, 5) is 15.0. The molecule has 3 aromatic rings. The molecule has 100 valence electrons. The van der Waals surface area contributed by atoms with Crippen molar-refractivity contribution < 1.29 is 4.92 Å². The number of aryl methyl sites for hydroxylation is 2. The lowest BCUT2D eigenvalue weighted by Gasteiger charge is -2.08. The zero-order valence-corrected chi connectivity index (χ0v) is 11.1. The molecule has 6 nitrogen and oxygen atoms in total. The molecular formula is C14H12N4O2. The van der Waals surface area contributed by atoms with Gasteiger partial charge in [-0.3, -0.25) is 15.1 Å². The molecular weight excluding hydrogens is 256 g/mol. The van der Waals surface area contributed by atoms with Gasteiger partial charge in [-0.15, -0.1) is 0 Å². The van der Waals surface area contributed by atoms with Crippen molar-refractivity contribution in [2.45, 2.75) is 13.8 Å². The molecule has 0 amide bonds.